The molecule has 0 aliphatic carbocycles. The lowest BCUT2D eigenvalue weighted by molar-refractivity contribution is -0.144. The summed E-state index contributed by atoms with van der Waals surface area (Å²) in [6, 6.07) is 0.256. The van der Waals surface area contributed by atoms with Crippen LogP contribution < -0.4 is 5.32 Å². The molecule has 0 radical (unpaired) electrons. The zero-order valence-electron chi connectivity index (χ0n) is 11.9. The highest BCUT2D eigenvalue weighted by Gasteiger charge is 2.32. The summed E-state index contributed by atoms with van der Waals surface area (Å²) in [4.78, 5) is 11.3. The molecule has 2 atom stereocenters. The van der Waals surface area contributed by atoms with E-state index in [4.69, 9.17) is 0 Å². The van der Waals surface area contributed by atoms with E-state index in [9.17, 15) is 9.90 Å². The van der Waals surface area contributed by atoms with Crippen LogP contribution in [0.2, 0.25) is 0 Å². The van der Waals surface area contributed by atoms with E-state index in [-0.39, 0.29) is 6.04 Å². The molecule has 0 aromatic rings. The molecule has 0 aliphatic rings. The number of hydrogen-bond donors (Lipinski definition) is 2. The van der Waals surface area contributed by atoms with Gasteiger partial charge in [-0.3, -0.25) is 10.1 Å². The third-order valence-electron chi connectivity index (χ3n) is 3.43. The lowest BCUT2D eigenvalue weighted by Crippen LogP contribution is -2.52. The number of aliphatic carboxylic acids is 1. The van der Waals surface area contributed by atoms with Crippen molar-refractivity contribution in [1.29, 1.82) is 0 Å². The molecular formula is C14H29NO2. The second-order valence-electron chi connectivity index (χ2n) is 5.26. The molecule has 0 fully saturated rings. The summed E-state index contributed by atoms with van der Waals surface area (Å²) in [6.07, 6.45) is 7.50. The van der Waals surface area contributed by atoms with E-state index < -0.39 is 11.5 Å². The van der Waals surface area contributed by atoms with Crippen molar-refractivity contribution in [2.75, 3.05) is 0 Å². The predicted molar refractivity (Wildman–Crippen MR) is 72.3 cm³/mol. The molecule has 0 saturated heterocycles. The predicted octanol–water partition coefficient (Wildman–Crippen LogP) is 3.58. The number of hydrogen-bond acceptors (Lipinski definition) is 2. The van der Waals surface area contributed by atoms with Crippen LogP contribution in [-0.4, -0.2) is 22.7 Å². The first-order valence-electron chi connectivity index (χ1n) is 6.97. The molecule has 0 saturated carbocycles. The molecule has 0 spiro atoms. The van der Waals surface area contributed by atoms with Gasteiger partial charge in [-0.25, -0.2) is 0 Å². The van der Waals surface area contributed by atoms with Gasteiger partial charge < -0.3 is 5.11 Å². The maximum atomic E-state index is 11.3. The van der Waals surface area contributed by atoms with E-state index in [0.717, 1.165) is 25.7 Å². The van der Waals surface area contributed by atoms with Crippen LogP contribution in [0.1, 0.15) is 72.6 Å². The van der Waals surface area contributed by atoms with Crippen LogP contribution in [0.3, 0.4) is 0 Å². The second-order valence-corrected chi connectivity index (χ2v) is 5.26. The van der Waals surface area contributed by atoms with Crippen LogP contribution in [-0.2, 0) is 4.79 Å². The van der Waals surface area contributed by atoms with Crippen molar-refractivity contribution in [3.05, 3.63) is 0 Å². The van der Waals surface area contributed by atoms with E-state index in [1.54, 1.807) is 6.92 Å². The van der Waals surface area contributed by atoms with Crippen LogP contribution in [0.15, 0.2) is 0 Å². The van der Waals surface area contributed by atoms with Gasteiger partial charge >= 0.3 is 5.97 Å². The normalized spacial score (nSPS) is 16.5. The highest BCUT2D eigenvalue weighted by Crippen LogP contribution is 2.17. The maximum absolute atomic E-state index is 11.3. The Morgan fingerprint density at radius 3 is 2.29 bits per heavy atom. The van der Waals surface area contributed by atoms with Crippen LogP contribution in [0, 0.1) is 0 Å². The minimum atomic E-state index is -0.762. The average Bonchev–Trinajstić information content (AvgIpc) is 2.28. The largest absolute Gasteiger partial charge is 0.480 e. The summed E-state index contributed by atoms with van der Waals surface area (Å²) in [5.41, 5.74) is -0.762. The van der Waals surface area contributed by atoms with Crippen LogP contribution in [0.5, 0.6) is 0 Å². The Labute approximate surface area is 106 Å². The van der Waals surface area contributed by atoms with Gasteiger partial charge in [0.1, 0.15) is 5.54 Å². The van der Waals surface area contributed by atoms with Gasteiger partial charge in [-0.05, 0) is 26.7 Å². The monoisotopic (exact) mass is 243 g/mol. The van der Waals surface area contributed by atoms with E-state index in [1.165, 1.54) is 19.3 Å². The highest BCUT2D eigenvalue weighted by molar-refractivity contribution is 5.78. The third-order valence-corrected chi connectivity index (χ3v) is 3.43. The summed E-state index contributed by atoms with van der Waals surface area (Å²) in [5.74, 6) is -0.728. The molecule has 0 aliphatic heterocycles. The Balaban J connectivity index is 4.08. The molecule has 0 aromatic carbocycles. The van der Waals surface area contributed by atoms with Crippen molar-refractivity contribution in [3.8, 4) is 0 Å². The maximum Gasteiger partial charge on any atom is 0.323 e. The van der Waals surface area contributed by atoms with Crippen molar-refractivity contribution in [2.24, 2.45) is 0 Å². The summed E-state index contributed by atoms with van der Waals surface area (Å²) < 4.78 is 0. The molecule has 0 amide bonds. The molecule has 2 unspecified atom stereocenters. The van der Waals surface area contributed by atoms with E-state index in [2.05, 4.69) is 19.2 Å². The molecule has 3 heteroatoms. The number of nitrogens with one attached hydrogen (secondary N) is 1. The molecule has 0 bridgehead atoms. The zero-order chi connectivity index (χ0) is 13.3. The van der Waals surface area contributed by atoms with Crippen molar-refractivity contribution >= 4 is 5.97 Å². The lowest BCUT2D eigenvalue weighted by atomic mass is 9.92. The fraction of sp³-hybridized carbons (Fsp3) is 0.929. The number of rotatable bonds is 10. The highest BCUT2D eigenvalue weighted by atomic mass is 16.4. The minimum Gasteiger partial charge on any atom is -0.480 e. The SMILES string of the molecule is CCCCCCCC(C)(NC(C)CC)C(=O)O. The Morgan fingerprint density at radius 1 is 1.24 bits per heavy atom. The van der Waals surface area contributed by atoms with E-state index >= 15 is 0 Å². The van der Waals surface area contributed by atoms with Crippen molar-refractivity contribution in [1.82, 2.24) is 5.32 Å². The topological polar surface area (TPSA) is 49.3 Å². The quantitative estimate of drug-likeness (QED) is 0.577. The molecule has 3 nitrogen and oxygen atoms in total. The standard InChI is InChI=1S/C14H29NO2/c1-5-7-8-9-10-11-14(4,13(16)17)15-12(3)6-2/h12,15H,5-11H2,1-4H3,(H,16,17). The lowest BCUT2D eigenvalue weighted by Gasteiger charge is -2.29. The van der Waals surface area contributed by atoms with Crippen LogP contribution in [0.4, 0.5) is 0 Å². The fourth-order valence-electron chi connectivity index (χ4n) is 1.97. The Bertz CT molecular complexity index is 218. The van der Waals surface area contributed by atoms with Gasteiger partial charge in [0.2, 0.25) is 0 Å². The molecule has 0 rings (SSSR count). The molecular weight excluding hydrogens is 214 g/mol. The third kappa shape index (κ3) is 6.67. The van der Waals surface area contributed by atoms with Gasteiger partial charge in [0.25, 0.3) is 0 Å². The molecule has 2 N–H and O–H groups in total. The molecule has 0 heterocycles. The van der Waals surface area contributed by atoms with Crippen LogP contribution in [0.25, 0.3) is 0 Å². The van der Waals surface area contributed by atoms with Gasteiger partial charge in [-0.2, -0.15) is 0 Å². The first-order chi connectivity index (χ1) is 7.96. The van der Waals surface area contributed by atoms with Gasteiger partial charge in [0.15, 0.2) is 0 Å². The zero-order valence-corrected chi connectivity index (χ0v) is 11.9. The Kier molecular flexibility index (Phi) is 8.23. The van der Waals surface area contributed by atoms with Crippen molar-refractivity contribution in [2.45, 2.75) is 84.2 Å². The first-order valence-corrected chi connectivity index (χ1v) is 6.97. The average molecular weight is 243 g/mol. The number of carboxylic acids is 1. The first kappa shape index (κ1) is 16.4. The smallest absolute Gasteiger partial charge is 0.323 e. The molecule has 102 valence electrons. The second kappa shape index (κ2) is 8.51. The van der Waals surface area contributed by atoms with Gasteiger partial charge in [-0.15, -0.1) is 0 Å². The summed E-state index contributed by atoms with van der Waals surface area (Å²) in [5, 5.41) is 12.6. The van der Waals surface area contributed by atoms with Crippen molar-refractivity contribution < 1.29 is 9.90 Å². The van der Waals surface area contributed by atoms with E-state index in [0.29, 0.717) is 0 Å². The number of unbranched alkanes of at least 4 members (excludes halogenated alkanes) is 4. The molecule has 0 aromatic heterocycles. The Hall–Kier alpha value is -0.570. The van der Waals surface area contributed by atoms with E-state index in [1.807, 2.05) is 6.92 Å². The summed E-state index contributed by atoms with van der Waals surface area (Å²) in [7, 11) is 0. The number of carbonyl (C=O) groups is 1. The van der Waals surface area contributed by atoms with Gasteiger partial charge in [0, 0.05) is 6.04 Å². The minimum absolute atomic E-state index is 0.256. The molecule has 17 heavy (non-hydrogen) atoms. The summed E-state index contributed by atoms with van der Waals surface area (Å²) >= 11 is 0. The summed E-state index contributed by atoms with van der Waals surface area (Å²) in [6.45, 7) is 8.10. The van der Waals surface area contributed by atoms with Crippen LogP contribution >= 0.6 is 0 Å². The Morgan fingerprint density at radius 2 is 1.82 bits per heavy atom. The number of carboxylic acid groups (broad SMARTS) is 1. The van der Waals surface area contributed by atoms with Gasteiger partial charge in [-0.1, -0.05) is 46.0 Å². The van der Waals surface area contributed by atoms with Gasteiger partial charge in [0.05, 0.1) is 0 Å². The fourth-order valence-corrected chi connectivity index (χ4v) is 1.97. The van der Waals surface area contributed by atoms with Crippen molar-refractivity contribution in [3.63, 3.8) is 0 Å².